The van der Waals surface area contributed by atoms with Crippen LogP contribution in [0.25, 0.3) is 0 Å². The van der Waals surface area contributed by atoms with Gasteiger partial charge in [-0.15, -0.1) is 0 Å². The number of ether oxygens (including phenoxy) is 2. The fourth-order valence-electron chi connectivity index (χ4n) is 5.45. The lowest BCUT2D eigenvalue weighted by molar-refractivity contribution is -0.181. The summed E-state index contributed by atoms with van der Waals surface area (Å²) in [5.74, 6) is 0.844. The second kappa shape index (κ2) is 5.24. The highest BCUT2D eigenvalue weighted by molar-refractivity contribution is 5.75. The van der Waals surface area contributed by atoms with Crippen molar-refractivity contribution in [3.63, 3.8) is 0 Å². The summed E-state index contributed by atoms with van der Waals surface area (Å²) in [5.41, 5.74) is -0.420. The van der Waals surface area contributed by atoms with Crippen molar-refractivity contribution in [3.05, 3.63) is 0 Å². The molecule has 4 heteroatoms. The number of hydrogen-bond donors (Lipinski definition) is 0. The Balaban J connectivity index is 1.52. The summed E-state index contributed by atoms with van der Waals surface area (Å²) >= 11 is 0. The Kier molecular flexibility index (Phi) is 3.46. The highest BCUT2D eigenvalue weighted by atomic mass is 16.6. The summed E-state index contributed by atoms with van der Waals surface area (Å²) in [5, 5.41) is 0. The number of carbonyl (C=O) groups is 2. The van der Waals surface area contributed by atoms with Gasteiger partial charge in [0.2, 0.25) is 0 Å². The average Bonchev–Trinajstić information content (AvgIpc) is 2.61. The molecule has 0 spiro atoms. The molecule has 0 aromatic rings. The molecule has 2 heterocycles. The molecule has 5 fully saturated rings. The Morgan fingerprint density at radius 1 is 1.18 bits per heavy atom. The molecule has 3 aliphatic carbocycles. The van der Waals surface area contributed by atoms with Gasteiger partial charge in [0.25, 0.3) is 0 Å². The lowest BCUT2D eigenvalue weighted by Gasteiger charge is -2.46. The van der Waals surface area contributed by atoms with Gasteiger partial charge < -0.3 is 9.47 Å². The van der Waals surface area contributed by atoms with E-state index < -0.39 is 5.60 Å². The minimum Gasteiger partial charge on any atom is -0.462 e. The van der Waals surface area contributed by atoms with Crippen molar-refractivity contribution in [3.8, 4) is 0 Å². The zero-order valence-corrected chi connectivity index (χ0v) is 13.4. The lowest BCUT2D eigenvalue weighted by Crippen LogP contribution is -2.49. The van der Waals surface area contributed by atoms with E-state index in [0.717, 1.165) is 44.9 Å². The first-order valence-electron chi connectivity index (χ1n) is 8.98. The average molecular weight is 306 g/mol. The second-order valence-corrected chi connectivity index (χ2v) is 8.18. The SMILES string of the molecule is CC1CCCCC1C(=O)OC12CC3CC(C1)OC(=O)C(C3)C2. The standard InChI is InChI=1S/C18H26O4/c1-11-4-2-3-5-15(11)17(20)22-18-8-12-6-13(9-18)16(19)21-14(7-12)10-18/h11-15H,2-10H2,1H3. The van der Waals surface area contributed by atoms with Crippen molar-refractivity contribution < 1.29 is 19.1 Å². The molecule has 5 rings (SSSR count). The number of carbonyl (C=O) groups excluding carboxylic acids is 2. The first-order valence-corrected chi connectivity index (χ1v) is 8.98. The van der Waals surface area contributed by atoms with Crippen LogP contribution in [0.1, 0.15) is 64.7 Å². The van der Waals surface area contributed by atoms with Gasteiger partial charge in [0.15, 0.2) is 0 Å². The van der Waals surface area contributed by atoms with Crippen LogP contribution >= 0.6 is 0 Å². The monoisotopic (exact) mass is 306 g/mol. The normalized spacial score (nSPS) is 47.0. The molecule has 4 bridgehead atoms. The van der Waals surface area contributed by atoms with Crippen molar-refractivity contribution in [2.75, 3.05) is 0 Å². The minimum absolute atomic E-state index is 0.0124. The van der Waals surface area contributed by atoms with Crippen LogP contribution in [-0.4, -0.2) is 23.6 Å². The van der Waals surface area contributed by atoms with E-state index in [4.69, 9.17) is 9.47 Å². The van der Waals surface area contributed by atoms with Crippen LogP contribution in [0.5, 0.6) is 0 Å². The van der Waals surface area contributed by atoms with Crippen molar-refractivity contribution >= 4 is 11.9 Å². The van der Waals surface area contributed by atoms with Crippen molar-refractivity contribution in [2.24, 2.45) is 23.7 Å². The third-order valence-corrected chi connectivity index (χ3v) is 6.44. The van der Waals surface area contributed by atoms with Crippen molar-refractivity contribution in [1.82, 2.24) is 0 Å². The Hall–Kier alpha value is -1.06. The summed E-state index contributed by atoms with van der Waals surface area (Å²) in [6.45, 7) is 2.17. The van der Waals surface area contributed by atoms with Crippen molar-refractivity contribution in [1.29, 1.82) is 0 Å². The zero-order chi connectivity index (χ0) is 15.3. The lowest BCUT2D eigenvalue weighted by atomic mass is 9.65. The van der Waals surface area contributed by atoms with Gasteiger partial charge in [-0.2, -0.15) is 0 Å². The van der Waals surface area contributed by atoms with E-state index >= 15 is 0 Å². The van der Waals surface area contributed by atoms with Crippen LogP contribution in [0.15, 0.2) is 0 Å². The van der Waals surface area contributed by atoms with Crippen LogP contribution in [0.3, 0.4) is 0 Å². The third kappa shape index (κ3) is 2.44. The molecule has 4 nitrogen and oxygen atoms in total. The molecular formula is C18H26O4. The van der Waals surface area contributed by atoms with E-state index in [1.807, 2.05) is 0 Å². The Labute approximate surface area is 131 Å². The molecule has 2 aliphatic heterocycles. The van der Waals surface area contributed by atoms with Gasteiger partial charge in [0.1, 0.15) is 11.7 Å². The largest absolute Gasteiger partial charge is 0.462 e. The number of esters is 2. The maximum Gasteiger partial charge on any atom is 0.309 e. The summed E-state index contributed by atoms with van der Waals surface area (Å²) in [4.78, 5) is 24.8. The summed E-state index contributed by atoms with van der Waals surface area (Å²) in [6, 6.07) is 0. The highest BCUT2D eigenvalue weighted by Crippen LogP contribution is 2.51. The van der Waals surface area contributed by atoms with Gasteiger partial charge in [-0.1, -0.05) is 19.8 Å². The second-order valence-electron chi connectivity index (χ2n) is 8.18. The minimum atomic E-state index is -0.420. The highest BCUT2D eigenvalue weighted by Gasteiger charge is 2.55. The number of hydrogen-bond acceptors (Lipinski definition) is 4. The van der Waals surface area contributed by atoms with E-state index in [0.29, 0.717) is 18.3 Å². The molecule has 6 atom stereocenters. The van der Waals surface area contributed by atoms with Crippen molar-refractivity contribution in [2.45, 2.75) is 76.4 Å². The van der Waals surface area contributed by atoms with E-state index in [1.165, 1.54) is 6.42 Å². The fourth-order valence-corrected chi connectivity index (χ4v) is 5.45. The van der Waals surface area contributed by atoms with Gasteiger partial charge in [-0.25, -0.2) is 0 Å². The van der Waals surface area contributed by atoms with Gasteiger partial charge in [0.05, 0.1) is 11.8 Å². The van der Waals surface area contributed by atoms with Crippen LogP contribution in [0, 0.1) is 23.7 Å². The predicted octanol–water partition coefficient (Wildman–Crippen LogP) is 3.23. The maximum absolute atomic E-state index is 12.7. The summed E-state index contributed by atoms with van der Waals surface area (Å²) < 4.78 is 11.7. The Bertz CT molecular complexity index is 487. The van der Waals surface area contributed by atoms with Crippen LogP contribution in [0.4, 0.5) is 0 Å². The van der Waals surface area contributed by atoms with Crippen LogP contribution in [-0.2, 0) is 19.1 Å². The Morgan fingerprint density at radius 3 is 2.82 bits per heavy atom. The zero-order valence-electron chi connectivity index (χ0n) is 13.4. The third-order valence-electron chi connectivity index (χ3n) is 6.44. The molecule has 2 saturated heterocycles. The molecule has 22 heavy (non-hydrogen) atoms. The van der Waals surface area contributed by atoms with E-state index in [1.54, 1.807) is 0 Å². The first kappa shape index (κ1) is 14.5. The summed E-state index contributed by atoms with van der Waals surface area (Å²) in [6.07, 6.45) is 8.64. The summed E-state index contributed by atoms with van der Waals surface area (Å²) in [7, 11) is 0. The molecule has 0 radical (unpaired) electrons. The molecule has 3 saturated carbocycles. The topological polar surface area (TPSA) is 52.6 Å². The molecule has 0 aromatic carbocycles. The van der Waals surface area contributed by atoms with E-state index in [-0.39, 0.29) is 29.9 Å². The van der Waals surface area contributed by atoms with E-state index in [9.17, 15) is 9.59 Å². The van der Waals surface area contributed by atoms with Gasteiger partial charge in [-0.3, -0.25) is 9.59 Å². The number of rotatable bonds is 2. The maximum atomic E-state index is 12.7. The molecule has 6 unspecified atom stereocenters. The Morgan fingerprint density at radius 2 is 2.00 bits per heavy atom. The molecule has 0 aromatic heterocycles. The van der Waals surface area contributed by atoms with Gasteiger partial charge in [-0.05, 0) is 43.9 Å². The molecule has 5 aliphatic rings. The van der Waals surface area contributed by atoms with E-state index in [2.05, 4.69) is 6.92 Å². The van der Waals surface area contributed by atoms with Crippen LogP contribution in [0.2, 0.25) is 0 Å². The number of fused-ring (bicyclic) bond motifs is 1. The smallest absolute Gasteiger partial charge is 0.309 e. The molecular weight excluding hydrogens is 280 g/mol. The molecule has 0 amide bonds. The fraction of sp³-hybridized carbons (Fsp3) is 0.889. The molecule has 122 valence electrons. The molecule has 0 N–H and O–H groups in total. The first-order chi connectivity index (χ1) is 10.5. The van der Waals surface area contributed by atoms with Gasteiger partial charge >= 0.3 is 11.9 Å². The predicted molar refractivity (Wildman–Crippen MR) is 79.9 cm³/mol. The van der Waals surface area contributed by atoms with Crippen LogP contribution < -0.4 is 0 Å². The van der Waals surface area contributed by atoms with Gasteiger partial charge in [0, 0.05) is 12.8 Å². The quantitative estimate of drug-likeness (QED) is 0.735.